The summed E-state index contributed by atoms with van der Waals surface area (Å²) in [5.74, 6) is -2.77. The van der Waals surface area contributed by atoms with Crippen LogP contribution in [0.3, 0.4) is 0 Å². The maximum Gasteiger partial charge on any atom is 0.393 e. The van der Waals surface area contributed by atoms with E-state index < -0.39 is 23.9 Å². The highest BCUT2D eigenvalue weighted by Gasteiger charge is 2.51. The van der Waals surface area contributed by atoms with E-state index in [4.69, 9.17) is 15.2 Å². The highest BCUT2D eigenvalue weighted by atomic mass is 19.4. The molecule has 2 rings (SSSR count). The normalized spacial score (nSPS) is 22.1. The topological polar surface area (TPSA) is 64.8 Å². The zero-order valence-electron chi connectivity index (χ0n) is 12.7. The molecule has 0 saturated carbocycles. The average molecular weight is 332 g/mol. The van der Waals surface area contributed by atoms with Crippen LogP contribution >= 0.6 is 0 Å². The van der Waals surface area contributed by atoms with Crippen molar-refractivity contribution in [2.24, 2.45) is 17.6 Å². The van der Waals surface area contributed by atoms with Gasteiger partial charge in [0.05, 0.1) is 18.9 Å². The van der Waals surface area contributed by atoms with Gasteiger partial charge in [0.1, 0.15) is 6.61 Å². The molecule has 2 atom stereocenters. The first-order chi connectivity index (χ1) is 10.8. The van der Waals surface area contributed by atoms with E-state index in [1.54, 1.807) is 29.2 Å². The van der Waals surface area contributed by atoms with Gasteiger partial charge >= 0.3 is 6.18 Å². The molecular weight excluding hydrogens is 313 g/mol. The number of methoxy groups -OCH3 is 1. The predicted octanol–water partition coefficient (Wildman–Crippen LogP) is 1.67. The van der Waals surface area contributed by atoms with Crippen molar-refractivity contribution in [3.8, 4) is 11.5 Å². The number of benzene rings is 1. The molecule has 0 aliphatic carbocycles. The van der Waals surface area contributed by atoms with Gasteiger partial charge < -0.3 is 15.2 Å². The van der Waals surface area contributed by atoms with Crippen molar-refractivity contribution in [3.63, 3.8) is 0 Å². The summed E-state index contributed by atoms with van der Waals surface area (Å²) in [7, 11) is 1.51. The van der Waals surface area contributed by atoms with Crippen LogP contribution in [0.2, 0.25) is 0 Å². The molecule has 0 spiro atoms. The highest BCUT2D eigenvalue weighted by Crippen LogP contribution is 2.37. The van der Waals surface area contributed by atoms with Gasteiger partial charge in [0.25, 0.3) is 0 Å². The molecule has 0 radical (unpaired) electrons. The molecule has 0 bridgehead atoms. The van der Waals surface area contributed by atoms with Crippen molar-refractivity contribution >= 4 is 5.91 Å². The first-order valence-electron chi connectivity index (χ1n) is 7.17. The van der Waals surface area contributed by atoms with Crippen LogP contribution in [0.15, 0.2) is 24.3 Å². The summed E-state index contributed by atoms with van der Waals surface area (Å²) < 4.78 is 49.5. The summed E-state index contributed by atoms with van der Waals surface area (Å²) in [6.45, 7) is 0.214. The van der Waals surface area contributed by atoms with Crippen molar-refractivity contribution in [1.82, 2.24) is 4.90 Å². The molecule has 128 valence electrons. The number of rotatable bonds is 6. The lowest BCUT2D eigenvalue weighted by Crippen LogP contribution is -2.37. The second kappa shape index (κ2) is 7.08. The van der Waals surface area contributed by atoms with Crippen molar-refractivity contribution in [3.05, 3.63) is 24.3 Å². The number of nitrogens with two attached hydrogens (primary N) is 1. The Hall–Kier alpha value is -1.96. The van der Waals surface area contributed by atoms with Gasteiger partial charge in [-0.1, -0.05) is 12.1 Å². The minimum Gasteiger partial charge on any atom is -0.493 e. The van der Waals surface area contributed by atoms with Crippen LogP contribution in [-0.2, 0) is 4.79 Å². The van der Waals surface area contributed by atoms with Crippen LogP contribution in [-0.4, -0.2) is 50.3 Å². The number of hydrogen-bond acceptors (Lipinski definition) is 4. The number of likely N-dealkylation sites (tertiary alicyclic amines) is 1. The Bertz CT molecular complexity index is 551. The first kappa shape index (κ1) is 17.4. The second-order valence-corrected chi connectivity index (χ2v) is 5.42. The number of halogens is 3. The Morgan fingerprint density at radius 1 is 1.30 bits per heavy atom. The van der Waals surface area contributed by atoms with Crippen LogP contribution in [0.25, 0.3) is 0 Å². The lowest BCUT2D eigenvalue weighted by atomic mass is 9.95. The molecule has 0 aromatic heterocycles. The van der Waals surface area contributed by atoms with E-state index in [-0.39, 0.29) is 26.2 Å². The van der Waals surface area contributed by atoms with Gasteiger partial charge in [-0.05, 0) is 12.1 Å². The monoisotopic (exact) mass is 332 g/mol. The van der Waals surface area contributed by atoms with Crippen molar-refractivity contribution in [2.75, 3.05) is 33.4 Å². The van der Waals surface area contributed by atoms with E-state index in [1.807, 2.05) is 0 Å². The smallest absolute Gasteiger partial charge is 0.393 e. The largest absolute Gasteiger partial charge is 0.493 e. The number of nitrogens with zero attached hydrogens (tertiary/aromatic N) is 1. The number of carbonyl (C=O) groups excluding carboxylic acids is 1. The third kappa shape index (κ3) is 4.28. The lowest BCUT2D eigenvalue weighted by molar-refractivity contribution is -0.182. The fraction of sp³-hybridized carbons (Fsp3) is 0.533. The summed E-state index contributed by atoms with van der Waals surface area (Å²) in [5, 5.41) is 0. The van der Waals surface area contributed by atoms with E-state index >= 15 is 0 Å². The van der Waals surface area contributed by atoms with E-state index in [0.717, 1.165) is 0 Å². The molecule has 1 aromatic rings. The number of para-hydroxylation sites is 2. The van der Waals surface area contributed by atoms with Gasteiger partial charge in [0.2, 0.25) is 5.91 Å². The number of hydrogen-bond donors (Lipinski definition) is 1. The summed E-state index contributed by atoms with van der Waals surface area (Å²) in [4.78, 5) is 12.8. The van der Waals surface area contributed by atoms with Crippen LogP contribution in [0.1, 0.15) is 0 Å². The first-order valence-corrected chi connectivity index (χ1v) is 7.17. The molecule has 5 nitrogen and oxygen atoms in total. The second-order valence-electron chi connectivity index (χ2n) is 5.42. The summed E-state index contributed by atoms with van der Waals surface area (Å²) in [6.07, 6.45) is -4.43. The molecule has 0 unspecified atom stereocenters. The quantitative estimate of drug-likeness (QED) is 0.861. The average Bonchev–Trinajstić information content (AvgIpc) is 2.92. The number of ether oxygens (including phenoxy) is 2. The third-order valence-electron chi connectivity index (χ3n) is 3.92. The maximum absolute atomic E-state index is 12.9. The molecule has 1 amide bonds. The zero-order valence-corrected chi connectivity index (χ0v) is 12.7. The lowest BCUT2D eigenvalue weighted by Gasteiger charge is -2.19. The molecule has 8 heteroatoms. The van der Waals surface area contributed by atoms with Crippen LogP contribution in [0, 0.1) is 11.8 Å². The molecule has 1 heterocycles. The fourth-order valence-corrected chi connectivity index (χ4v) is 2.71. The Labute approximate surface area is 132 Å². The minimum atomic E-state index is -4.43. The number of primary amides is 1. The molecule has 1 aromatic carbocycles. The van der Waals surface area contributed by atoms with E-state index in [1.165, 1.54) is 7.11 Å². The molecule has 2 N–H and O–H groups in total. The van der Waals surface area contributed by atoms with Gasteiger partial charge in [0.15, 0.2) is 11.5 Å². The molecular formula is C15H19F3N2O3. The van der Waals surface area contributed by atoms with Crippen LogP contribution < -0.4 is 15.2 Å². The van der Waals surface area contributed by atoms with Crippen molar-refractivity contribution in [2.45, 2.75) is 6.18 Å². The maximum atomic E-state index is 12.9. The fourth-order valence-electron chi connectivity index (χ4n) is 2.71. The number of alkyl halides is 3. The Kier molecular flexibility index (Phi) is 5.35. The van der Waals surface area contributed by atoms with Gasteiger partial charge in [-0.25, -0.2) is 0 Å². The summed E-state index contributed by atoms with van der Waals surface area (Å²) in [5.41, 5.74) is 5.09. The molecule has 1 aliphatic heterocycles. The molecule has 1 saturated heterocycles. The number of amides is 1. The Morgan fingerprint density at radius 2 is 1.96 bits per heavy atom. The van der Waals surface area contributed by atoms with E-state index in [0.29, 0.717) is 11.5 Å². The minimum absolute atomic E-state index is 0.00516. The van der Waals surface area contributed by atoms with Crippen LogP contribution in [0.4, 0.5) is 13.2 Å². The van der Waals surface area contributed by atoms with Crippen molar-refractivity contribution in [1.29, 1.82) is 0 Å². The van der Waals surface area contributed by atoms with Gasteiger partial charge in [-0.3, -0.25) is 9.69 Å². The van der Waals surface area contributed by atoms with Crippen molar-refractivity contribution < 1.29 is 27.4 Å². The molecule has 1 aliphatic rings. The molecule has 23 heavy (non-hydrogen) atoms. The Morgan fingerprint density at radius 3 is 2.48 bits per heavy atom. The molecule has 1 fully saturated rings. The number of carbonyl (C=O) groups is 1. The summed E-state index contributed by atoms with van der Waals surface area (Å²) in [6, 6.07) is 7.01. The van der Waals surface area contributed by atoms with Gasteiger partial charge in [0, 0.05) is 19.6 Å². The predicted molar refractivity (Wildman–Crippen MR) is 77.2 cm³/mol. The van der Waals surface area contributed by atoms with Gasteiger partial charge in [-0.15, -0.1) is 0 Å². The Balaban J connectivity index is 1.90. The highest BCUT2D eigenvalue weighted by molar-refractivity contribution is 5.77. The zero-order chi connectivity index (χ0) is 17.0. The summed E-state index contributed by atoms with van der Waals surface area (Å²) >= 11 is 0. The SMILES string of the molecule is COc1ccccc1OCCN1C[C@@H](C(F)(F)F)[C@H](C(N)=O)C1. The standard InChI is InChI=1S/C15H19F3N2O3/c1-22-12-4-2-3-5-13(12)23-7-6-20-8-10(14(19)21)11(9-20)15(16,17)18/h2-5,10-11H,6-9H2,1H3,(H2,19,21)/t10-,11-/m1/s1. The van der Waals surface area contributed by atoms with E-state index in [2.05, 4.69) is 0 Å². The third-order valence-corrected chi connectivity index (χ3v) is 3.92. The van der Waals surface area contributed by atoms with Crippen LogP contribution in [0.5, 0.6) is 11.5 Å². The van der Waals surface area contributed by atoms with Gasteiger partial charge in [-0.2, -0.15) is 13.2 Å². The van der Waals surface area contributed by atoms with E-state index in [9.17, 15) is 18.0 Å².